The number of carbonyl (C=O) groups excluding carboxylic acids is 1. The number of hydrogen-bond acceptors (Lipinski definition) is 4. The number of aromatic amines is 1. The summed E-state index contributed by atoms with van der Waals surface area (Å²) in [4.78, 5) is 13.6. The smallest absolute Gasteiger partial charge is 0.191 e. The lowest BCUT2D eigenvalue weighted by Crippen LogP contribution is -2.04. The molecule has 3 aromatic rings. The molecule has 25 heavy (non-hydrogen) atoms. The number of sulfone groups is 1. The van der Waals surface area contributed by atoms with Crippen LogP contribution in [0.3, 0.4) is 0 Å². The van der Waals surface area contributed by atoms with Crippen LogP contribution in [0.25, 0.3) is 10.9 Å². The van der Waals surface area contributed by atoms with Gasteiger partial charge in [-0.2, -0.15) is 5.26 Å². The summed E-state index contributed by atoms with van der Waals surface area (Å²) < 4.78 is 22.6. The Morgan fingerprint density at radius 3 is 2.32 bits per heavy atom. The largest absolute Gasteiger partial charge is 0.345 e. The quantitative estimate of drug-likeness (QED) is 0.671. The standard InChI is InChI=1S/C9H6ClNO.C8H6ClNO2S/c10-9-7(5-12)6-3-1-2-4-8(6)11-9;9-7-1-3-8(4-2-7)13(11,12)6-5-10/h1-5,11H;1-4H,6H2. The number of benzene rings is 2. The van der Waals surface area contributed by atoms with E-state index in [9.17, 15) is 13.2 Å². The van der Waals surface area contributed by atoms with Crippen LogP contribution < -0.4 is 0 Å². The maximum absolute atomic E-state index is 11.3. The van der Waals surface area contributed by atoms with Crippen molar-refractivity contribution in [2.45, 2.75) is 4.90 Å². The van der Waals surface area contributed by atoms with Gasteiger partial charge in [0.25, 0.3) is 0 Å². The van der Waals surface area contributed by atoms with Crippen molar-refractivity contribution in [1.29, 1.82) is 5.26 Å². The number of nitriles is 1. The van der Waals surface area contributed by atoms with E-state index in [1.165, 1.54) is 24.3 Å². The number of nitrogens with zero attached hydrogens (tertiary/aromatic N) is 1. The predicted molar refractivity (Wildman–Crippen MR) is 97.8 cm³/mol. The zero-order valence-corrected chi connectivity index (χ0v) is 15.1. The van der Waals surface area contributed by atoms with E-state index in [4.69, 9.17) is 28.5 Å². The van der Waals surface area contributed by atoms with E-state index in [1.54, 1.807) is 6.07 Å². The van der Waals surface area contributed by atoms with Crippen LogP contribution in [0.4, 0.5) is 0 Å². The van der Waals surface area contributed by atoms with Gasteiger partial charge in [-0.05, 0) is 30.3 Å². The van der Waals surface area contributed by atoms with Crippen molar-refractivity contribution in [3.05, 3.63) is 64.3 Å². The molecule has 0 atom stereocenters. The first kappa shape index (κ1) is 19.0. The van der Waals surface area contributed by atoms with Crippen LogP contribution in [-0.4, -0.2) is 25.4 Å². The molecule has 1 heterocycles. The molecule has 128 valence electrons. The van der Waals surface area contributed by atoms with Crippen molar-refractivity contribution in [3.8, 4) is 6.07 Å². The average Bonchev–Trinajstić information content (AvgIpc) is 2.90. The van der Waals surface area contributed by atoms with E-state index < -0.39 is 15.6 Å². The van der Waals surface area contributed by atoms with Crippen LogP contribution >= 0.6 is 23.2 Å². The number of para-hydroxylation sites is 1. The zero-order chi connectivity index (χ0) is 18.4. The minimum Gasteiger partial charge on any atom is -0.345 e. The molecule has 0 aliphatic heterocycles. The molecule has 0 spiro atoms. The minimum absolute atomic E-state index is 0.124. The second kappa shape index (κ2) is 8.17. The number of fused-ring (bicyclic) bond motifs is 1. The maximum Gasteiger partial charge on any atom is 0.191 e. The Hall–Kier alpha value is -2.33. The molecule has 0 unspecified atom stereocenters. The molecule has 0 radical (unpaired) electrons. The first-order valence-corrected chi connectivity index (χ1v) is 9.36. The van der Waals surface area contributed by atoms with Gasteiger partial charge < -0.3 is 4.98 Å². The summed E-state index contributed by atoms with van der Waals surface area (Å²) in [7, 11) is -3.45. The summed E-state index contributed by atoms with van der Waals surface area (Å²) in [6.07, 6.45) is 0.765. The molecule has 0 amide bonds. The van der Waals surface area contributed by atoms with Crippen LogP contribution in [0, 0.1) is 11.3 Å². The number of nitrogens with one attached hydrogen (secondary N) is 1. The number of carbonyl (C=O) groups is 1. The number of rotatable bonds is 3. The first-order chi connectivity index (χ1) is 11.9. The maximum atomic E-state index is 11.3. The van der Waals surface area contributed by atoms with Crippen molar-refractivity contribution in [1.82, 2.24) is 4.98 Å². The lowest BCUT2D eigenvalue weighted by Gasteiger charge is -1.98. The minimum atomic E-state index is -3.45. The Balaban J connectivity index is 0.000000181. The second-order valence-electron chi connectivity index (χ2n) is 4.89. The van der Waals surface area contributed by atoms with Crippen LogP contribution in [0.15, 0.2) is 53.4 Å². The van der Waals surface area contributed by atoms with Gasteiger partial charge in [0.05, 0.1) is 16.5 Å². The highest BCUT2D eigenvalue weighted by Crippen LogP contribution is 2.23. The highest BCUT2D eigenvalue weighted by molar-refractivity contribution is 7.91. The van der Waals surface area contributed by atoms with Gasteiger partial charge >= 0.3 is 0 Å². The molecule has 2 aromatic carbocycles. The van der Waals surface area contributed by atoms with Crippen molar-refractivity contribution in [2.24, 2.45) is 0 Å². The van der Waals surface area contributed by atoms with E-state index in [1.807, 2.05) is 24.3 Å². The number of aromatic nitrogens is 1. The molecular weight excluding hydrogens is 383 g/mol. The first-order valence-electron chi connectivity index (χ1n) is 6.95. The molecule has 0 aliphatic rings. The molecule has 1 N–H and O–H groups in total. The van der Waals surface area contributed by atoms with Crippen LogP contribution in [0.1, 0.15) is 10.4 Å². The molecule has 3 rings (SSSR count). The molecule has 8 heteroatoms. The van der Waals surface area contributed by atoms with Gasteiger partial charge in [-0.15, -0.1) is 0 Å². The van der Waals surface area contributed by atoms with Crippen molar-refractivity contribution in [2.75, 3.05) is 5.75 Å². The molecule has 0 fully saturated rings. The van der Waals surface area contributed by atoms with E-state index in [0.717, 1.165) is 17.2 Å². The van der Waals surface area contributed by atoms with Crippen LogP contribution in [0.2, 0.25) is 10.2 Å². The van der Waals surface area contributed by atoms with Gasteiger partial charge in [0.2, 0.25) is 0 Å². The Morgan fingerprint density at radius 2 is 1.72 bits per heavy atom. The molecule has 5 nitrogen and oxygen atoms in total. The lowest BCUT2D eigenvalue weighted by molar-refractivity contribution is 0.112. The van der Waals surface area contributed by atoms with Gasteiger partial charge in [0, 0.05) is 15.9 Å². The second-order valence-corrected chi connectivity index (χ2v) is 7.69. The van der Waals surface area contributed by atoms with Gasteiger partial charge in [0.1, 0.15) is 10.9 Å². The highest BCUT2D eigenvalue weighted by Gasteiger charge is 2.12. The molecular formula is C17H12Cl2N2O3S. The summed E-state index contributed by atoms with van der Waals surface area (Å²) in [6.45, 7) is 0. The SMILES string of the molecule is N#CCS(=O)(=O)c1ccc(Cl)cc1.O=Cc1c(Cl)[nH]c2ccccc12. The summed E-state index contributed by atoms with van der Waals surface area (Å²) in [5, 5.41) is 10.0. The fraction of sp³-hybridized carbons (Fsp3) is 0.0588. The van der Waals surface area contributed by atoms with Gasteiger partial charge in [0.15, 0.2) is 16.1 Å². The topological polar surface area (TPSA) is 90.8 Å². The number of H-pyrrole nitrogens is 1. The summed E-state index contributed by atoms with van der Waals surface area (Å²) >= 11 is 11.4. The summed E-state index contributed by atoms with van der Waals surface area (Å²) in [5.74, 6) is -0.505. The normalized spacial score (nSPS) is 10.6. The average molecular weight is 395 g/mol. The van der Waals surface area contributed by atoms with Crippen molar-refractivity contribution >= 4 is 50.2 Å². The van der Waals surface area contributed by atoms with E-state index in [-0.39, 0.29) is 4.90 Å². The Kier molecular flexibility index (Phi) is 6.21. The number of hydrogen-bond donors (Lipinski definition) is 1. The molecule has 0 aliphatic carbocycles. The van der Waals surface area contributed by atoms with E-state index >= 15 is 0 Å². The molecule has 0 saturated heterocycles. The number of halogens is 2. The van der Waals surface area contributed by atoms with Gasteiger partial charge in [-0.3, -0.25) is 4.79 Å². The predicted octanol–water partition coefficient (Wildman–Crippen LogP) is 4.27. The number of aldehydes is 1. The van der Waals surface area contributed by atoms with Crippen LogP contribution in [-0.2, 0) is 9.84 Å². The van der Waals surface area contributed by atoms with E-state index in [0.29, 0.717) is 15.7 Å². The lowest BCUT2D eigenvalue weighted by atomic mass is 10.2. The molecule has 0 saturated carbocycles. The third kappa shape index (κ3) is 4.60. The van der Waals surface area contributed by atoms with E-state index in [2.05, 4.69) is 4.98 Å². The highest BCUT2D eigenvalue weighted by atomic mass is 35.5. The molecule has 0 bridgehead atoms. The fourth-order valence-electron chi connectivity index (χ4n) is 2.06. The Labute approximate surface area is 154 Å². The Morgan fingerprint density at radius 1 is 1.08 bits per heavy atom. The third-order valence-electron chi connectivity index (χ3n) is 3.24. The van der Waals surface area contributed by atoms with Gasteiger partial charge in [-0.1, -0.05) is 41.4 Å². The summed E-state index contributed by atoms with van der Waals surface area (Å²) in [5.41, 5.74) is 1.43. The summed E-state index contributed by atoms with van der Waals surface area (Å²) in [6, 6.07) is 14.8. The van der Waals surface area contributed by atoms with Gasteiger partial charge in [-0.25, -0.2) is 8.42 Å². The van der Waals surface area contributed by atoms with Crippen molar-refractivity contribution < 1.29 is 13.2 Å². The Bertz CT molecular complexity index is 1040. The third-order valence-corrected chi connectivity index (χ3v) is 5.29. The molecule has 1 aromatic heterocycles. The van der Waals surface area contributed by atoms with Crippen molar-refractivity contribution in [3.63, 3.8) is 0 Å². The fourth-order valence-corrected chi connectivity index (χ4v) is 3.32. The van der Waals surface area contributed by atoms with Crippen LogP contribution in [0.5, 0.6) is 0 Å². The zero-order valence-electron chi connectivity index (χ0n) is 12.7. The monoisotopic (exact) mass is 394 g/mol.